The molecule has 21 heavy (non-hydrogen) atoms. The van der Waals surface area contributed by atoms with Crippen molar-refractivity contribution in [3.05, 3.63) is 59.9 Å². The number of pyridine rings is 1. The van der Waals surface area contributed by atoms with Crippen LogP contribution in [-0.2, 0) is 0 Å². The van der Waals surface area contributed by atoms with E-state index in [1.54, 1.807) is 48.7 Å². The number of Topliss-reactive ketones (excluding diaryl/α,β-unsaturated/α-hetero) is 1. The smallest absolute Gasteiger partial charge is 0.186 e. The molecule has 1 aromatic carbocycles. The second-order valence-corrected chi connectivity index (χ2v) is 4.20. The number of ether oxygens (including phenoxy) is 1. The monoisotopic (exact) mass is 276 g/mol. The molecule has 0 aliphatic carbocycles. The number of aromatic nitrogens is 1. The lowest BCUT2D eigenvalue weighted by molar-refractivity contribution is 0.0977. The van der Waals surface area contributed by atoms with E-state index >= 15 is 0 Å². The van der Waals surface area contributed by atoms with Gasteiger partial charge in [0.15, 0.2) is 11.7 Å². The number of hydrogen-bond acceptors (Lipinski definition) is 4. The molecule has 4 heteroatoms. The number of hydrogen-bond donors (Lipinski definition) is 0. The first-order valence-electron chi connectivity index (χ1n) is 6.27. The van der Waals surface area contributed by atoms with E-state index in [1.165, 1.54) is 0 Å². The first kappa shape index (κ1) is 14.3. The summed E-state index contributed by atoms with van der Waals surface area (Å²) in [6.45, 7) is 0.169. The zero-order valence-electron chi connectivity index (χ0n) is 11.2. The first-order valence-corrected chi connectivity index (χ1v) is 6.27. The summed E-state index contributed by atoms with van der Waals surface area (Å²) in [6, 6.07) is 13.7. The number of carbonyl (C=O) groups excluding carboxylic acids is 1. The van der Waals surface area contributed by atoms with E-state index in [1.807, 2.05) is 6.07 Å². The van der Waals surface area contributed by atoms with Gasteiger partial charge in [0, 0.05) is 11.8 Å². The van der Waals surface area contributed by atoms with Crippen LogP contribution in [0.1, 0.15) is 22.0 Å². The minimum Gasteiger partial charge on any atom is -0.481 e. The lowest BCUT2D eigenvalue weighted by atomic mass is 9.95. The van der Waals surface area contributed by atoms with Crippen molar-refractivity contribution in [3.8, 4) is 24.2 Å². The second-order valence-electron chi connectivity index (χ2n) is 4.20. The predicted molar refractivity (Wildman–Crippen MR) is 77.7 cm³/mol. The lowest BCUT2D eigenvalue weighted by Gasteiger charge is -2.08. The van der Waals surface area contributed by atoms with E-state index in [2.05, 4.69) is 10.9 Å². The molecule has 102 valence electrons. The molecular formula is C17H12N2O2. The number of benzene rings is 1. The van der Waals surface area contributed by atoms with Crippen LogP contribution < -0.4 is 4.74 Å². The van der Waals surface area contributed by atoms with Crippen molar-refractivity contribution in [2.75, 3.05) is 6.61 Å². The van der Waals surface area contributed by atoms with Crippen LogP contribution in [0.15, 0.2) is 48.7 Å². The van der Waals surface area contributed by atoms with Gasteiger partial charge in [0.25, 0.3) is 0 Å². The first-order chi connectivity index (χ1) is 10.3. The molecule has 0 bridgehead atoms. The third kappa shape index (κ3) is 3.46. The molecule has 0 aliphatic rings. The van der Waals surface area contributed by atoms with Gasteiger partial charge < -0.3 is 4.74 Å². The fraction of sp³-hybridized carbons (Fsp3) is 0.118. The summed E-state index contributed by atoms with van der Waals surface area (Å²) >= 11 is 0. The number of terminal acetylenes is 1. The minimum atomic E-state index is -0.913. The van der Waals surface area contributed by atoms with E-state index in [-0.39, 0.29) is 12.4 Å². The molecular weight excluding hydrogens is 264 g/mol. The number of nitriles is 1. The molecule has 1 atom stereocenters. The summed E-state index contributed by atoms with van der Waals surface area (Å²) in [5.74, 6) is 1.74. The summed E-state index contributed by atoms with van der Waals surface area (Å²) in [6.07, 6.45) is 6.66. The topological polar surface area (TPSA) is 63.0 Å². The van der Waals surface area contributed by atoms with Gasteiger partial charge in [-0.3, -0.25) is 9.78 Å². The van der Waals surface area contributed by atoms with Crippen molar-refractivity contribution >= 4 is 5.78 Å². The van der Waals surface area contributed by atoms with Crippen LogP contribution in [0.3, 0.4) is 0 Å². The Morgan fingerprint density at radius 2 is 2.05 bits per heavy atom. The van der Waals surface area contributed by atoms with Gasteiger partial charge >= 0.3 is 0 Å². The van der Waals surface area contributed by atoms with Crippen LogP contribution in [0, 0.1) is 23.7 Å². The van der Waals surface area contributed by atoms with Crippen molar-refractivity contribution in [3.63, 3.8) is 0 Å². The molecule has 0 saturated carbocycles. The molecule has 0 radical (unpaired) electrons. The Hall–Kier alpha value is -3.11. The van der Waals surface area contributed by atoms with E-state index in [0.29, 0.717) is 17.0 Å². The van der Waals surface area contributed by atoms with Crippen LogP contribution in [0.4, 0.5) is 0 Å². The van der Waals surface area contributed by atoms with Crippen molar-refractivity contribution in [1.82, 2.24) is 4.98 Å². The van der Waals surface area contributed by atoms with Crippen molar-refractivity contribution in [2.45, 2.75) is 5.92 Å². The normalized spacial score (nSPS) is 11.0. The van der Waals surface area contributed by atoms with Gasteiger partial charge in [0.05, 0.1) is 11.8 Å². The highest BCUT2D eigenvalue weighted by atomic mass is 16.5. The number of rotatable bonds is 5. The minimum absolute atomic E-state index is 0.169. The van der Waals surface area contributed by atoms with Crippen molar-refractivity contribution in [2.24, 2.45) is 0 Å². The molecule has 0 unspecified atom stereocenters. The van der Waals surface area contributed by atoms with Crippen LogP contribution in [0.5, 0.6) is 5.75 Å². The largest absolute Gasteiger partial charge is 0.481 e. The van der Waals surface area contributed by atoms with Crippen LogP contribution >= 0.6 is 0 Å². The molecule has 0 saturated heterocycles. The SMILES string of the molecule is C#CCOc1ccc(C(=O)[C@H](C#N)c2ccccn2)cc1. The third-order valence-corrected chi connectivity index (χ3v) is 2.84. The highest BCUT2D eigenvalue weighted by Crippen LogP contribution is 2.20. The fourth-order valence-electron chi connectivity index (χ4n) is 1.81. The molecule has 1 aromatic heterocycles. The van der Waals surface area contributed by atoms with Crippen LogP contribution in [0.2, 0.25) is 0 Å². The molecule has 1 heterocycles. The highest BCUT2D eigenvalue weighted by Gasteiger charge is 2.22. The van der Waals surface area contributed by atoms with Gasteiger partial charge in [-0.25, -0.2) is 0 Å². The summed E-state index contributed by atoms with van der Waals surface area (Å²) in [5, 5.41) is 9.22. The summed E-state index contributed by atoms with van der Waals surface area (Å²) in [5.41, 5.74) is 0.873. The predicted octanol–water partition coefficient (Wildman–Crippen LogP) is 2.58. The number of nitrogens with zero attached hydrogens (tertiary/aromatic N) is 2. The maximum atomic E-state index is 12.4. The van der Waals surface area contributed by atoms with Gasteiger partial charge in [0.1, 0.15) is 12.4 Å². The molecule has 0 spiro atoms. The Morgan fingerprint density at radius 3 is 2.62 bits per heavy atom. The Kier molecular flexibility index (Phi) is 4.69. The van der Waals surface area contributed by atoms with Gasteiger partial charge in [-0.2, -0.15) is 5.26 Å². The number of carbonyl (C=O) groups is 1. The van der Waals surface area contributed by atoms with Gasteiger partial charge in [-0.15, -0.1) is 6.42 Å². The fourth-order valence-corrected chi connectivity index (χ4v) is 1.81. The summed E-state index contributed by atoms with van der Waals surface area (Å²) in [4.78, 5) is 16.4. The molecule has 2 aromatic rings. The highest BCUT2D eigenvalue weighted by molar-refractivity contribution is 6.02. The maximum absolute atomic E-state index is 12.4. The average molecular weight is 276 g/mol. The van der Waals surface area contributed by atoms with E-state index < -0.39 is 5.92 Å². The standard InChI is InChI=1S/C17H12N2O2/c1-2-11-21-14-8-6-13(7-9-14)17(20)15(12-18)16-5-3-4-10-19-16/h1,3-10,15H,11H2/t15-/m1/s1. The van der Waals surface area contributed by atoms with Crippen LogP contribution in [-0.4, -0.2) is 17.4 Å². The molecule has 0 fully saturated rings. The average Bonchev–Trinajstić information content (AvgIpc) is 2.55. The van der Waals surface area contributed by atoms with Crippen molar-refractivity contribution in [1.29, 1.82) is 5.26 Å². The van der Waals surface area contributed by atoms with E-state index in [9.17, 15) is 10.1 Å². The van der Waals surface area contributed by atoms with Crippen molar-refractivity contribution < 1.29 is 9.53 Å². The zero-order chi connectivity index (χ0) is 15.1. The lowest BCUT2D eigenvalue weighted by Crippen LogP contribution is -2.12. The Labute approximate surface area is 123 Å². The van der Waals surface area contributed by atoms with Crippen LogP contribution in [0.25, 0.3) is 0 Å². The Morgan fingerprint density at radius 1 is 1.29 bits per heavy atom. The Bertz CT molecular complexity index is 694. The maximum Gasteiger partial charge on any atom is 0.186 e. The molecule has 2 rings (SSSR count). The van der Waals surface area contributed by atoms with E-state index in [0.717, 1.165) is 0 Å². The summed E-state index contributed by atoms with van der Waals surface area (Å²) < 4.78 is 5.24. The second kappa shape index (κ2) is 6.88. The number of ketones is 1. The summed E-state index contributed by atoms with van der Waals surface area (Å²) in [7, 11) is 0. The van der Waals surface area contributed by atoms with E-state index in [4.69, 9.17) is 11.2 Å². The van der Waals surface area contributed by atoms with Gasteiger partial charge in [-0.05, 0) is 36.4 Å². The molecule has 4 nitrogen and oxygen atoms in total. The Balaban J connectivity index is 2.19. The third-order valence-electron chi connectivity index (χ3n) is 2.84. The molecule has 0 aliphatic heterocycles. The zero-order valence-corrected chi connectivity index (χ0v) is 11.2. The molecule has 0 N–H and O–H groups in total. The van der Waals surface area contributed by atoms with Gasteiger partial charge in [-0.1, -0.05) is 12.0 Å². The quantitative estimate of drug-likeness (QED) is 0.622. The molecule has 0 amide bonds. The van der Waals surface area contributed by atoms with Gasteiger partial charge in [0.2, 0.25) is 0 Å².